The number of hydrogen-bond acceptors (Lipinski definition) is 5. The highest BCUT2D eigenvalue weighted by atomic mass is 35.5. The van der Waals surface area contributed by atoms with E-state index >= 15 is 0 Å². The number of carbonyl (C=O) groups excluding carboxylic acids is 2. The molecule has 0 aliphatic rings. The zero-order valence-electron chi connectivity index (χ0n) is 16.8. The second-order valence-corrected chi connectivity index (χ2v) is 9.52. The Kier molecular flexibility index (Phi) is 6.77. The molecule has 0 unspecified atom stereocenters. The highest BCUT2D eigenvalue weighted by Gasteiger charge is 2.23. The minimum absolute atomic E-state index is 0.151. The number of nitrogens with one attached hydrogen (secondary N) is 2. The first-order chi connectivity index (χ1) is 12.9. The molecule has 9 heteroatoms. The molecule has 0 spiro atoms. The van der Waals surface area contributed by atoms with Gasteiger partial charge in [0.25, 0.3) is 5.56 Å². The first-order valence-electron chi connectivity index (χ1n) is 8.90. The van der Waals surface area contributed by atoms with Crippen LogP contribution < -0.4 is 16.2 Å². The van der Waals surface area contributed by atoms with Crippen LogP contribution in [0.15, 0.2) is 28.2 Å². The number of fused-ring (bicyclic) bond motifs is 1. The highest BCUT2D eigenvalue weighted by molar-refractivity contribution is 8.00. The molecule has 0 saturated carbocycles. The van der Waals surface area contributed by atoms with Crippen LogP contribution >= 0.6 is 23.4 Å². The van der Waals surface area contributed by atoms with Crippen LogP contribution in [0.2, 0.25) is 5.02 Å². The Bertz CT molecular complexity index is 966. The Morgan fingerprint density at radius 2 is 1.86 bits per heavy atom. The lowest BCUT2D eigenvalue weighted by Gasteiger charge is -2.21. The van der Waals surface area contributed by atoms with Crippen LogP contribution in [0, 0.1) is 0 Å². The van der Waals surface area contributed by atoms with Crippen LogP contribution in [0.5, 0.6) is 0 Å². The van der Waals surface area contributed by atoms with Crippen molar-refractivity contribution in [2.24, 2.45) is 0 Å². The normalized spacial score (nSPS) is 12.9. The van der Waals surface area contributed by atoms with E-state index in [1.165, 1.54) is 0 Å². The van der Waals surface area contributed by atoms with Gasteiger partial charge < -0.3 is 5.32 Å². The van der Waals surface area contributed by atoms with Gasteiger partial charge in [0, 0.05) is 16.6 Å². The molecule has 0 fully saturated rings. The van der Waals surface area contributed by atoms with E-state index in [-0.39, 0.29) is 11.6 Å². The number of rotatable bonds is 4. The van der Waals surface area contributed by atoms with Gasteiger partial charge in [-0.2, -0.15) is 0 Å². The summed E-state index contributed by atoms with van der Waals surface area (Å²) in [7, 11) is 0. The average molecular weight is 425 g/mol. The third-order valence-electron chi connectivity index (χ3n) is 3.72. The Hall–Kier alpha value is -2.06. The molecule has 0 aliphatic heterocycles. The molecule has 0 bridgehead atoms. The smallest absolute Gasteiger partial charge is 0.321 e. The number of hydrogen-bond donors (Lipinski definition) is 2. The van der Waals surface area contributed by atoms with Crippen molar-refractivity contribution in [1.29, 1.82) is 0 Å². The minimum Gasteiger partial charge on any atom is -0.333 e. The molecule has 0 saturated heterocycles. The van der Waals surface area contributed by atoms with E-state index < -0.39 is 22.7 Å². The molecule has 3 amide bonds. The number of benzene rings is 1. The molecule has 0 radical (unpaired) electrons. The summed E-state index contributed by atoms with van der Waals surface area (Å²) in [4.78, 5) is 41.8. The van der Waals surface area contributed by atoms with Gasteiger partial charge in [0.15, 0.2) is 5.16 Å². The fourth-order valence-corrected chi connectivity index (χ4v) is 3.69. The Balaban J connectivity index is 2.31. The molecule has 1 aromatic carbocycles. The molecule has 152 valence electrons. The lowest BCUT2D eigenvalue weighted by atomic mass is 10.1. The van der Waals surface area contributed by atoms with Gasteiger partial charge in [-0.3, -0.25) is 19.5 Å². The van der Waals surface area contributed by atoms with E-state index in [1.807, 2.05) is 34.6 Å². The Morgan fingerprint density at radius 1 is 1.21 bits per heavy atom. The van der Waals surface area contributed by atoms with Crippen molar-refractivity contribution in [2.75, 3.05) is 0 Å². The van der Waals surface area contributed by atoms with E-state index in [9.17, 15) is 14.4 Å². The summed E-state index contributed by atoms with van der Waals surface area (Å²) in [5, 5.41) is 5.69. The molecule has 28 heavy (non-hydrogen) atoms. The van der Waals surface area contributed by atoms with E-state index in [4.69, 9.17) is 11.6 Å². The second kappa shape index (κ2) is 8.53. The van der Waals surface area contributed by atoms with E-state index in [0.29, 0.717) is 21.1 Å². The van der Waals surface area contributed by atoms with Crippen LogP contribution in [0.25, 0.3) is 10.9 Å². The monoisotopic (exact) mass is 424 g/mol. The third kappa shape index (κ3) is 5.48. The number of carbonyl (C=O) groups is 2. The maximum absolute atomic E-state index is 12.9. The number of amides is 3. The molecule has 1 aromatic heterocycles. The van der Waals surface area contributed by atoms with Crippen molar-refractivity contribution < 1.29 is 9.59 Å². The summed E-state index contributed by atoms with van der Waals surface area (Å²) < 4.78 is 1.54. The highest BCUT2D eigenvalue weighted by Crippen LogP contribution is 2.26. The first kappa shape index (κ1) is 22.2. The van der Waals surface area contributed by atoms with Crippen LogP contribution in [0.4, 0.5) is 4.79 Å². The molecular weight excluding hydrogens is 400 g/mol. The number of aromatic nitrogens is 2. The van der Waals surface area contributed by atoms with Crippen molar-refractivity contribution in [3.05, 3.63) is 33.6 Å². The quantitative estimate of drug-likeness (QED) is 0.576. The van der Waals surface area contributed by atoms with Crippen LogP contribution in [0.3, 0.4) is 0 Å². The zero-order valence-corrected chi connectivity index (χ0v) is 18.4. The van der Waals surface area contributed by atoms with Gasteiger partial charge in [0.2, 0.25) is 5.91 Å². The molecule has 0 aliphatic carbocycles. The van der Waals surface area contributed by atoms with Crippen molar-refractivity contribution in [2.45, 2.75) is 63.5 Å². The fourth-order valence-electron chi connectivity index (χ4n) is 2.49. The van der Waals surface area contributed by atoms with Gasteiger partial charge in [-0.1, -0.05) is 23.4 Å². The van der Waals surface area contributed by atoms with Gasteiger partial charge >= 0.3 is 6.03 Å². The molecule has 7 nitrogen and oxygen atoms in total. The van der Waals surface area contributed by atoms with Crippen molar-refractivity contribution in [3.63, 3.8) is 0 Å². The standard InChI is InChI=1S/C19H25ClN4O3S/c1-10(2)24-16(26)13-8-7-12(20)9-14(13)21-18(24)28-11(3)15(25)22-17(27)23-19(4,5)6/h7-11H,1-6H3,(H2,22,23,25,27)/t11-/m0/s1. The predicted molar refractivity (Wildman–Crippen MR) is 113 cm³/mol. The van der Waals surface area contributed by atoms with E-state index in [1.54, 1.807) is 29.7 Å². The van der Waals surface area contributed by atoms with Gasteiger partial charge in [-0.25, -0.2) is 9.78 Å². The summed E-state index contributed by atoms with van der Waals surface area (Å²) in [5.74, 6) is -0.470. The van der Waals surface area contributed by atoms with Crippen molar-refractivity contribution in [3.8, 4) is 0 Å². The number of urea groups is 1. The molecule has 2 rings (SSSR count). The number of imide groups is 1. The predicted octanol–water partition coefficient (Wildman–Crippen LogP) is 3.74. The minimum atomic E-state index is -0.640. The number of halogens is 1. The lowest BCUT2D eigenvalue weighted by Crippen LogP contribution is -2.49. The van der Waals surface area contributed by atoms with Crippen molar-refractivity contribution >= 4 is 46.2 Å². The van der Waals surface area contributed by atoms with Crippen LogP contribution in [-0.2, 0) is 4.79 Å². The fraction of sp³-hybridized carbons (Fsp3) is 0.474. The molecule has 2 N–H and O–H groups in total. The van der Waals surface area contributed by atoms with Gasteiger partial charge in [-0.05, 0) is 59.7 Å². The van der Waals surface area contributed by atoms with E-state index in [2.05, 4.69) is 15.6 Å². The van der Waals surface area contributed by atoms with Gasteiger partial charge in [0.05, 0.1) is 16.2 Å². The number of nitrogens with zero attached hydrogens (tertiary/aromatic N) is 2. The number of thioether (sulfide) groups is 1. The molecular formula is C19H25ClN4O3S. The summed E-state index contributed by atoms with van der Waals surface area (Å²) in [6.45, 7) is 10.9. The molecule has 1 atom stereocenters. The SMILES string of the molecule is CC(C)n1c(S[C@@H](C)C(=O)NC(=O)NC(C)(C)C)nc2cc(Cl)ccc2c1=O. The van der Waals surface area contributed by atoms with Gasteiger partial charge in [0.1, 0.15) is 0 Å². The van der Waals surface area contributed by atoms with Crippen molar-refractivity contribution in [1.82, 2.24) is 20.2 Å². The summed E-state index contributed by atoms with van der Waals surface area (Å²) >= 11 is 7.15. The zero-order chi connectivity index (χ0) is 21.2. The maximum atomic E-state index is 12.9. The average Bonchev–Trinajstić information content (AvgIpc) is 2.51. The third-order valence-corrected chi connectivity index (χ3v) is 5.03. The summed E-state index contributed by atoms with van der Waals surface area (Å²) in [5.41, 5.74) is -0.190. The Labute approximate surface area is 173 Å². The first-order valence-corrected chi connectivity index (χ1v) is 10.2. The van der Waals surface area contributed by atoms with Gasteiger partial charge in [-0.15, -0.1) is 0 Å². The van der Waals surface area contributed by atoms with E-state index in [0.717, 1.165) is 11.8 Å². The van der Waals surface area contributed by atoms with Crippen LogP contribution in [-0.4, -0.2) is 32.3 Å². The summed E-state index contributed by atoms with van der Waals surface area (Å²) in [6.07, 6.45) is 0. The molecule has 1 heterocycles. The lowest BCUT2D eigenvalue weighted by molar-refractivity contribution is -0.119. The summed E-state index contributed by atoms with van der Waals surface area (Å²) in [6, 6.07) is 4.20. The van der Waals surface area contributed by atoms with Crippen LogP contribution in [0.1, 0.15) is 47.6 Å². The second-order valence-electron chi connectivity index (χ2n) is 7.78. The maximum Gasteiger partial charge on any atom is 0.321 e. The largest absolute Gasteiger partial charge is 0.333 e. The molecule has 2 aromatic rings. The Morgan fingerprint density at radius 3 is 2.43 bits per heavy atom. The topological polar surface area (TPSA) is 93.1 Å².